The minimum atomic E-state index is -3.77. The Morgan fingerprint density at radius 2 is 1.81 bits per heavy atom. The van der Waals surface area contributed by atoms with Gasteiger partial charge in [0.25, 0.3) is 5.91 Å². The third-order valence-corrected chi connectivity index (χ3v) is 4.62. The summed E-state index contributed by atoms with van der Waals surface area (Å²) in [6.45, 7) is 6.92. The van der Waals surface area contributed by atoms with Crippen LogP contribution in [0.3, 0.4) is 0 Å². The van der Waals surface area contributed by atoms with E-state index in [9.17, 15) is 13.2 Å². The van der Waals surface area contributed by atoms with Crippen LogP contribution in [-0.2, 0) is 15.0 Å². The molecular formula is C9H18N2O4S. The number of hydrogen-bond acceptors (Lipinski definition) is 4. The summed E-state index contributed by atoms with van der Waals surface area (Å²) >= 11 is 0. The van der Waals surface area contributed by atoms with Gasteiger partial charge in [-0.3, -0.25) is 4.79 Å². The van der Waals surface area contributed by atoms with Crippen molar-refractivity contribution < 1.29 is 18.3 Å². The average Bonchev–Trinajstić information content (AvgIpc) is 2.38. The van der Waals surface area contributed by atoms with Gasteiger partial charge in [0, 0.05) is 12.1 Å². The number of nitrogens with zero attached hydrogens (tertiary/aromatic N) is 2. The first-order chi connectivity index (χ1) is 7.08. The first-order valence-corrected chi connectivity index (χ1v) is 6.50. The number of carbonyl (C=O) groups is 1. The Balaban J connectivity index is 3.03. The summed E-state index contributed by atoms with van der Waals surface area (Å²) in [4.78, 5) is 11.5. The van der Waals surface area contributed by atoms with Crippen molar-refractivity contribution in [1.82, 2.24) is 8.61 Å². The molecule has 0 radical (unpaired) electrons. The van der Waals surface area contributed by atoms with Gasteiger partial charge < -0.3 is 5.11 Å². The van der Waals surface area contributed by atoms with Gasteiger partial charge in [-0.2, -0.15) is 12.7 Å². The topological polar surface area (TPSA) is 77.9 Å². The molecule has 0 bridgehead atoms. The van der Waals surface area contributed by atoms with Crippen LogP contribution in [0.25, 0.3) is 0 Å². The van der Waals surface area contributed by atoms with Crippen molar-refractivity contribution >= 4 is 16.1 Å². The van der Waals surface area contributed by atoms with E-state index in [1.807, 2.05) is 0 Å². The van der Waals surface area contributed by atoms with E-state index in [0.717, 1.165) is 4.31 Å². The maximum absolute atomic E-state index is 12.0. The minimum Gasteiger partial charge on any atom is -0.384 e. The molecule has 6 nitrogen and oxygen atoms in total. The molecule has 1 saturated heterocycles. The number of carbonyl (C=O) groups excluding carboxylic acids is 1. The van der Waals surface area contributed by atoms with Crippen LogP contribution in [0.4, 0.5) is 0 Å². The number of rotatable bonds is 1. The van der Waals surface area contributed by atoms with Crippen molar-refractivity contribution in [3.63, 3.8) is 0 Å². The van der Waals surface area contributed by atoms with Crippen molar-refractivity contribution in [2.24, 2.45) is 0 Å². The Labute approximate surface area is 96.0 Å². The molecule has 1 heterocycles. The molecule has 1 unspecified atom stereocenters. The summed E-state index contributed by atoms with van der Waals surface area (Å²) in [6, 6.07) is 0. The van der Waals surface area contributed by atoms with Crippen LogP contribution in [0.5, 0.6) is 0 Å². The second-order valence-corrected chi connectivity index (χ2v) is 6.61. The molecule has 0 aromatic rings. The Hall–Kier alpha value is -0.660. The highest BCUT2D eigenvalue weighted by atomic mass is 32.2. The van der Waals surface area contributed by atoms with Gasteiger partial charge in [0.05, 0.1) is 6.54 Å². The second kappa shape index (κ2) is 3.97. The normalized spacial score (nSPS) is 23.4. The van der Waals surface area contributed by atoms with Crippen LogP contribution < -0.4 is 0 Å². The number of aliphatic hydroxyl groups excluding tert-OH is 1. The van der Waals surface area contributed by atoms with Crippen LogP contribution in [0.15, 0.2) is 0 Å². The molecule has 1 aliphatic heterocycles. The standard InChI is InChI=1S/C9H18N2O4S/c1-7(12)8(13)10-5-6-11(9(2,3)4)16(10,14)15/h7,12H,5-6H2,1-4H3. The van der Waals surface area contributed by atoms with Gasteiger partial charge in [-0.25, -0.2) is 4.31 Å². The molecule has 1 aliphatic rings. The molecule has 0 aromatic carbocycles. The number of amides is 1. The molecule has 0 aliphatic carbocycles. The molecular weight excluding hydrogens is 232 g/mol. The van der Waals surface area contributed by atoms with Gasteiger partial charge in [-0.1, -0.05) is 0 Å². The maximum atomic E-state index is 12.0. The molecule has 0 saturated carbocycles. The van der Waals surface area contributed by atoms with Crippen molar-refractivity contribution in [2.75, 3.05) is 13.1 Å². The van der Waals surface area contributed by atoms with Crippen LogP contribution in [0.2, 0.25) is 0 Å². The van der Waals surface area contributed by atoms with E-state index in [4.69, 9.17) is 5.11 Å². The maximum Gasteiger partial charge on any atom is 0.306 e. The van der Waals surface area contributed by atoms with E-state index in [0.29, 0.717) is 0 Å². The summed E-state index contributed by atoms with van der Waals surface area (Å²) in [6.07, 6.45) is -1.30. The fourth-order valence-corrected chi connectivity index (χ4v) is 3.58. The van der Waals surface area contributed by atoms with Gasteiger partial charge in [-0.15, -0.1) is 0 Å². The van der Waals surface area contributed by atoms with Crippen LogP contribution in [0.1, 0.15) is 27.7 Å². The van der Waals surface area contributed by atoms with E-state index in [2.05, 4.69) is 0 Å². The first-order valence-electron chi connectivity index (χ1n) is 5.11. The molecule has 1 amide bonds. The Morgan fingerprint density at radius 3 is 2.12 bits per heavy atom. The summed E-state index contributed by atoms with van der Waals surface area (Å²) < 4.78 is 26.0. The van der Waals surface area contributed by atoms with Crippen molar-refractivity contribution in [3.05, 3.63) is 0 Å². The van der Waals surface area contributed by atoms with Crippen molar-refractivity contribution in [3.8, 4) is 0 Å². The van der Waals surface area contributed by atoms with E-state index < -0.39 is 27.8 Å². The largest absolute Gasteiger partial charge is 0.384 e. The third-order valence-electron chi connectivity index (χ3n) is 2.41. The lowest BCUT2D eigenvalue weighted by Crippen LogP contribution is -2.47. The lowest BCUT2D eigenvalue weighted by atomic mass is 10.1. The predicted octanol–water partition coefficient (Wildman–Crippen LogP) is -0.445. The van der Waals surface area contributed by atoms with Gasteiger partial charge in [0.1, 0.15) is 6.10 Å². The SMILES string of the molecule is CC(O)C(=O)N1CCN(C(C)(C)C)S1(=O)=O. The fraction of sp³-hybridized carbons (Fsp3) is 0.889. The van der Waals surface area contributed by atoms with Crippen LogP contribution >= 0.6 is 0 Å². The lowest BCUT2D eigenvalue weighted by molar-refractivity contribution is -0.133. The zero-order valence-corrected chi connectivity index (χ0v) is 10.8. The van der Waals surface area contributed by atoms with Gasteiger partial charge in [-0.05, 0) is 27.7 Å². The zero-order valence-electron chi connectivity index (χ0n) is 9.97. The van der Waals surface area contributed by atoms with Gasteiger partial charge in [0.15, 0.2) is 0 Å². The molecule has 1 atom stereocenters. The van der Waals surface area contributed by atoms with Crippen LogP contribution in [0, 0.1) is 0 Å². The predicted molar refractivity (Wildman–Crippen MR) is 58.8 cm³/mol. The van der Waals surface area contributed by atoms with Crippen molar-refractivity contribution in [1.29, 1.82) is 0 Å². The highest BCUT2D eigenvalue weighted by molar-refractivity contribution is 7.87. The Kier molecular flexibility index (Phi) is 3.33. The average molecular weight is 250 g/mol. The fourth-order valence-electron chi connectivity index (χ4n) is 1.65. The van der Waals surface area contributed by atoms with Crippen LogP contribution in [-0.4, -0.2) is 52.8 Å². The smallest absolute Gasteiger partial charge is 0.306 e. The Morgan fingerprint density at radius 1 is 1.31 bits per heavy atom. The molecule has 0 aromatic heterocycles. The lowest BCUT2D eigenvalue weighted by Gasteiger charge is -2.30. The van der Waals surface area contributed by atoms with E-state index in [-0.39, 0.29) is 13.1 Å². The summed E-state index contributed by atoms with van der Waals surface area (Å²) in [5, 5.41) is 9.13. The zero-order chi connectivity index (χ0) is 12.7. The minimum absolute atomic E-state index is 0.101. The summed E-state index contributed by atoms with van der Waals surface area (Å²) in [5.74, 6) is -0.772. The number of hydrogen-bond donors (Lipinski definition) is 1. The Bertz CT molecular complexity index is 383. The molecule has 16 heavy (non-hydrogen) atoms. The highest BCUT2D eigenvalue weighted by Crippen LogP contribution is 2.26. The quantitative estimate of drug-likeness (QED) is 0.684. The molecule has 1 fully saturated rings. The molecule has 1 rings (SSSR count). The van der Waals surface area contributed by atoms with E-state index in [1.54, 1.807) is 20.8 Å². The van der Waals surface area contributed by atoms with Gasteiger partial charge >= 0.3 is 10.2 Å². The molecule has 0 spiro atoms. The summed E-state index contributed by atoms with van der Waals surface area (Å²) in [7, 11) is -3.77. The van der Waals surface area contributed by atoms with Gasteiger partial charge in [0.2, 0.25) is 0 Å². The summed E-state index contributed by atoms with van der Waals surface area (Å²) in [5.41, 5.74) is -0.563. The molecule has 94 valence electrons. The first kappa shape index (κ1) is 13.4. The monoisotopic (exact) mass is 250 g/mol. The highest BCUT2D eigenvalue weighted by Gasteiger charge is 2.45. The van der Waals surface area contributed by atoms with E-state index in [1.165, 1.54) is 11.2 Å². The molecule has 7 heteroatoms. The van der Waals surface area contributed by atoms with E-state index >= 15 is 0 Å². The third kappa shape index (κ3) is 2.21. The number of aliphatic hydroxyl groups is 1. The van der Waals surface area contributed by atoms with Crippen molar-refractivity contribution in [2.45, 2.75) is 39.3 Å². The molecule has 1 N–H and O–H groups in total. The second-order valence-electron chi connectivity index (χ2n) is 4.84.